The van der Waals surface area contributed by atoms with E-state index in [1.807, 2.05) is 0 Å². The van der Waals surface area contributed by atoms with Crippen LogP contribution in [0.1, 0.15) is 32.3 Å². The summed E-state index contributed by atoms with van der Waals surface area (Å²) in [5, 5.41) is 3.34. The third-order valence-corrected chi connectivity index (χ3v) is 3.98. The van der Waals surface area contributed by atoms with Crippen LogP contribution in [0.4, 0.5) is 10.1 Å². The second-order valence-electron chi connectivity index (χ2n) is 5.82. The summed E-state index contributed by atoms with van der Waals surface area (Å²) < 4.78 is 13.8. The Kier molecular flexibility index (Phi) is 6.46. The normalized spacial score (nSPS) is 16.4. The molecule has 1 saturated heterocycles. The third-order valence-electron chi connectivity index (χ3n) is 3.98. The summed E-state index contributed by atoms with van der Waals surface area (Å²) >= 11 is 0. The number of hydrogen-bond acceptors (Lipinski definition) is 3. The standard InChI is InChI=1S/C17H28FN3/c1-3-5-19-14-15-11-16(18)13-17(12-15)21-9-7-20(6-4-2)8-10-21/h11-13,19H,3-10,14H2,1-2H3. The first kappa shape index (κ1) is 16.2. The molecule has 1 aliphatic heterocycles. The quantitative estimate of drug-likeness (QED) is 0.780. The van der Waals surface area contributed by atoms with Crippen LogP contribution in [0.15, 0.2) is 18.2 Å². The molecule has 0 aliphatic carbocycles. The van der Waals surface area contributed by atoms with Crippen LogP contribution in [0.2, 0.25) is 0 Å². The fourth-order valence-corrected chi connectivity index (χ4v) is 2.87. The van der Waals surface area contributed by atoms with Gasteiger partial charge in [-0.05, 0) is 49.7 Å². The van der Waals surface area contributed by atoms with E-state index in [4.69, 9.17) is 0 Å². The first-order chi connectivity index (χ1) is 10.2. The largest absolute Gasteiger partial charge is 0.369 e. The van der Waals surface area contributed by atoms with Crippen molar-refractivity contribution in [2.75, 3.05) is 44.2 Å². The van der Waals surface area contributed by atoms with Crippen molar-refractivity contribution in [3.8, 4) is 0 Å². The highest BCUT2D eigenvalue weighted by Gasteiger charge is 2.17. The predicted octanol–water partition coefficient (Wildman–Crippen LogP) is 2.86. The Labute approximate surface area is 128 Å². The van der Waals surface area contributed by atoms with E-state index in [0.29, 0.717) is 0 Å². The van der Waals surface area contributed by atoms with Gasteiger partial charge in [0.05, 0.1) is 0 Å². The molecule has 0 atom stereocenters. The zero-order valence-electron chi connectivity index (χ0n) is 13.4. The molecule has 1 heterocycles. The minimum absolute atomic E-state index is 0.128. The molecule has 1 aliphatic rings. The Hall–Kier alpha value is -1.13. The van der Waals surface area contributed by atoms with Crippen molar-refractivity contribution in [1.29, 1.82) is 0 Å². The molecule has 1 N–H and O–H groups in total. The summed E-state index contributed by atoms with van der Waals surface area (Å²) in [4.78, 5) is 4.79. The van der Waals surface area contributed by atoms with Crippen molar-refractivity contribution in [3.63, 3.8) is 0 Å². The van der Waals surface area contributed by atoms with E-state index in [2.05, 4.69) is 35.0 Å². The molecule has 0 unspecified atom stereocenters. The van der Waals surface area contributed by atoms with Gasteiger partial charge in [0.1, 0.15) is 5.82 Å². The second kappa shape index (κ2) is 8.35. The molecule has 0 spiro atoms. The first-order valence-electron chi connectivity index (χ1n) is 8.20. The average molecular weight is 293 g/mol. The van der Waals surface area contributed by atoms with Crippen LogP contribution in [0.25, 0.3) is 0 Å². The maximum atomic E-state index is 13.8. The molecular formula is C17H28FN3. The lowest BCUT2D eigenvalue weighted by atomic mass is 10.1. The average Bonchev–Trinajstić information content (AvgIpc) is 2.48. The van der Waals surface area contributed by atoms with Crippen molar-refractivity contribution < 1.29 is 4.39 Å². The number of rotatable bonds is 7. The number of anilines is 1. The van der Waals surface area contributed by atoms with Gasteiger partial charge in [0.25, 0.3) is 0 Å². The second-order valence-corrected chi connectivity index (χ2v) is 5.82. The molecule has 3 nitrogen and oxygen atoms in total. The topological polar surface area (TPSA) is 18.5 Å². The summed E-state index contributed by atoms with van der Waals surface area (Å²) in [5.41, 5.74) is 2.06. The van der Waals surface area contributed by atoms with E-state index in [1.54, 1.807) is 12.1 Å². The highest BCUT2D eigenvalue weighted by Crippen LogP contribution is 2.20. The smallest absolute Gasteiger partial charge is 0.125 e. The maximum absolute atomic E-state index is 13.8. The molecule has 1 fully saturated rings. The van der Waals surface area contributed by atoms with E-state index in [-0.39, 0.29) is 5.82 Å². The number of piperazine rings is 1. The highest BCUT2D eigenvalue weighted by molar-refractivity contribution is 5.49. The van der Waals surface area contributed by atoms with Crippen LogP contribution in [0.3, 0.4) is 0 Å². The van der Waals surface area contributed by atoms with Gasteiger partial charge in [0.15, 0.2) is 0 Å². The van der Waals surface area contributed by atoms with Gasteiger partial charge >= 0.3 is 0 Å². The van der Waals surface area contributed by atoms with Crippen molar-refractivity contribution >= 4 is 5.69 Å². The summed E-state index contributed by atoms with van der Waals surface area (Å²) in [6.45, 7) is 11.4. The molecule has 4 heteroatoms. The minimum Gasteiger partial charge on any atom is -0.369 e. The third kappa shape index (κ3) is 4.97. The molecule has 1 aromatic rings. The van der Waals surface area contributed by atoms with Crippen LogP contribution in [-0.4, -0.2) is 44.2 Å². The van der Waals surface area contributed by atoms with E-state index < -0.39 is 0 Å². The van der Waals surface area contributed by atoms with Gasteiger partial charge in [-0.2, -0.15) is 0 Å². The Balaban J connectivity index is 1.96. The van der Waals surface area contributed by atoms with E-state index in [1.165, 1.54) is 13.0 Å². The predicted molar refractivity (Wildman–Crippen MR) is 87.3 cm³/mol. The van der Waals surface area contributed by atoms with Gasteiger partial charge in [-0.25, -0.2) is 4.39 Å². The molecular weight excluding hydrogens is 265 g/mol. The van der Waals surface area contributed by atoms with Crippen molar-refractivity contribution in [2.45, 2.75) is 33.2 Å². The Morgan fingerprint density at radius 3 is 2.48 bits per heavy atom. The number of nitrogens with zero attached hydrogens (tertiary/aromatic N) is 2. The van der Waals surface area contributed by atoms with E-state index in [9.17, 15) is 4.39 Å². The van der Waals surface area contributed by atoms with Crippen LogP contribution in [0.5, 0.6) is 0 Å². The lowest BCUT2D eigenvalue weighted by Crippen LogP contribution is -2.46. The molecule has 0 bridgehead atoms. The zero-order chi connectivity index (χ0) is 15.1. The lowest BCUT2D eigenvalue weighted by Gasteiger charge is -2.36. The number of benzene rings is 1. The van der Waals surface area contributed by atoms with Gasteiger partial charge in [-0.1, -0.05) is 13.8 Å². The van der Waals surface area contributed by atoms with E-state index in [0.717, 1.165) is 56.9 Å². The Morgan fingerprint density at radius 1 is 1.05 bits per heavy atom. The Morgan fingerprint density at radius 2 is 1.81 bits per heavy atom. The van der Waals surface area contributed by atoms with Crippen molar-refractivity contribution in [3.05, 3.63) is 29.6 Å². The van der Waals surface area contributed by atoms with Gasteiger partial charge in [0, 0.05) is 38.4 Å². The van der Waals surface area contributed by atoms with Crippen LogP contribution in [-0.2, 0) is 6.54 Å². The minimum atomic E-state index is -0.128. The van der Waals surface area contributed by atoms with Gasteiger partial charge in [-0.15, -0.1) is 0 Å². The van der Waals surface area contributed by atoms with Gasteiger partial charge in [-0.3, -0.25) is 4.90 Å². The number of halogens is 1. The van der Waals surface area contributed by atoms with Crippen molar-refractivity contribution in [1.82, 2.24) is 10.2 Å². The zero-order valence-corrected chi connectivity index (χ0v) is 13.4. The molecule has 1 aromatic carbocycles. The fraction of sp³-hybridized carbons (Fsp3) is 0.647. The molecule has 2 rings (SSSR count). The van der Waals surface area contributed by atoms with Crippen LogP contribution in [0, 0.1) is 5.82 Å². The fourth-order valence-electron chi connectivity index (χ4n) is 2.87. The summed E-state index contributed by atoms with van der Waals surface area (Å²) in [5.74, 6) is -0.128. The Bertz CT molecular complexity index is 428. The highest BCUT2D eigenvalue weighted by atomic mass is 19.1. The molecule has 21 heavy (non-hydrogen) atoms. The molecule has 0 aromatic heterocycles. The van der Waals surface area contributed by atoms with Gasteiger partial charge < -0.3 is 10.2 Å². The molecule has 0 radical (unpaired) electrons. The van der Waals surface area contributed by atoms with Crippen molar-refractivity contribution in [2.24, 2.45) is 0 Å². The molecule has 0 amide bonds. The van der Waals surface area contributed by atoms with E-state index >= 15 is 0 Å². The maximum Gasteiger partial charge on any atom is 0.125 e. The SMILES string of the molecule is CCCNCc1cc(F)cc(N2CCN(CCC)CC2)c1. The molecule has 0 saturated carbocycles. The summed E-state index contributed by atoms with van der Waals surface area (Å²) in [7, 11) is 0. The monoisotopic (exact) mass is 293 g/mol. The summed E-state index contributed by atoms with van der Waals surface area (Å²) in [6.07, 6.45) is 2.30. The van der Waals surface area contributed by atoms with Crippen LogP contribution >= 0.6 is 0 Å². The number of nitrogens with one attached hydrogen (secondary N) is 1. The first-order valence-corrected chi connectivity index (χ1v) is 8.20. The number of hydrogen-bond donors (Lipinski definition) is 1. The molecule has 118 valence electrons. The summed E-state index contributed by atoms with van der Waals surface area (Å²) in [6, 6.07) is 5.43. The lowest BCUT2D eigenvalue weighted by molar-refractivity contribution is 0.258. The van der Waals surface area contributed by atoms with Gasteiger partial charge in [0.2, 0.25) is 0 Å². The van der Waals surface area contributed by atoms with Crippen LogP contribution < -0.4 is 10.2 Å².